The molecule has 0 fully saturated rings. The van der Waals surface area contributed by atoms with Gasteiger partial charge in [0.25, 0.3) is 0 Å². The molecule has 3 aromatic rings. The Labute approximate surface area is 235 Å². The highest BCUT2D eigenvalue weighted by Gasteiger charge is 2.24. The lowest BCUT2D eigenvalue weighted by atomic mass is 10.2. The third-order valence-electron chi connectivity index (χ3n) is 5.35. The van der Waals surface area contributed by atoms with E-state index in [1.807, 2.05) is 24.3 Å². The van der Waals surface area contributed by atoms with E-state index in [1.165, 1.54) is 27.0 Å². The lowest BCUT2D eigenvalue weighted by molar-refractivity contribution is 0.220. The molecule has 2 amide bonds. The molecule has 0 aliphatic heterocycles. The van der Waals surface area contributed by atoms with Crippen LogP contribution >= 0.6 is 50.9 Å². The van der Waals surface area contributed by atoms with Gasteiger partial charge in [0.2, 0.25) is 10.0 Å². The van der Waals surface area contributed by atoms with Gasteiger partial charge < -0.3 is 10.2 Å². The normalized spacial score (nSPS) is 11.5. The van der Waals surface area contributed by atoms with Gasteiger partial charge in [0.05, 0.1) is 10.6 Å². The van der Waals surface area contributed by atoms with Crippen molar-refractivity contribution in [2.45, 2.75) is 35.1 Å². The molecule has 36 heavy (non-hydrogen) atoms. The summed E-state index contributed by atoms with van der Waals surface area (Å²) in [7, 11) is -2.06. The number of anilines is 1. The zero-order chi connectivity index (χ0) is 26.5. The number of carbonyl (C=O) groups is 1. The summed E-state index contributed by atoms with van der Waals surface area (Å²) < 4.78 is 28.5. The van der Waals surface area contributed by atoms with Gasteiger partial charge in [-0.05, 0) is 60.2 Å². The second-order valence-corrected chi connectivity index (χ2v) is 12.6. The predicted molar refractivity (Wildman–Crippen MR) is 152 cm³/mol. The van der Waals surface area contributed by atoms with Gasteiger partial charge in [0.15, 0.2) is 0 Å². The third-order valence-corrected chi connectivity index (χ3v) is 9.57. The second-order valence-electron chi connectivity index (χ2n) is 7.83. The molecule has 1 N–H and O–H groups in total. The van der Waals surface area contributed by atoms with Crippen molar-refractivity contribution in [2.75, 3.05) is 25.5 Å². The molecule has 192 valence electrons. The molecule has 0 aromatic heterocycles. The van der Waals surface area contributed by atoms with Crippen LogP contribution in [0.2, 0.25) is 10.0 Å². The van der Waals surface area contributed by atoms with Crippen molar-refractivity contribution in [3.05, 3.63) is 80.7 Å². The number of halogens is 3. The average molecular weight is 631 g/mol. The number of rotatable bonds is 9. The van der Waals surface area contributed by atoms with Gasteiger partial charge >= 0.3 is 6.03 Å². The van der Waals surface area contributed by atoms with Crippen LogP contribution in [0.15, 0.2) is 79.8 Å². The van der Waals surface area contributed by atoms with Crippen LogP contribution in [0.3, 0.4) is 0 Å². The first-order chi connectivity index (χ1) is 17.0. The molecule has 0 bridgehead atoms. The van der Waals surface area contributed by atoms with Gasteiger partial charge in [-0.1, -0.05) is 70.8 Å². The number of benzene rings is 3. The Balaban J connectivity index is 1.93. The van der Waals surface area contributed by atoms with E-state index in [-0.39, 0.29) is 11.4 Å². The number of hydrogen-bond donors (Lipinski definition) is 1. The molecule has 0 atom stereocenters. The van der Waals surface area contributed by atoms with Gasteiger partial charge in [0.1, 0.15) is 0 Å². The van der Waals surface area contributed by atoms with E-state index in [0.717, 1.165) is 14.9 Å². The van der Waals surface area contributed by atoms with E-state index >= 15 is 0 Å². The summed E-state index contributed by atoms with van der Waals surface area (Å²) in [4.78, 5) is 16.3. The Hall–Kier alpha value is -1.75. The number of amides is 2. The van der Waals surface area contributed by atoms with Crippen LogP contribution in [0.25, 0.3) is 0 Å². The van der Waals surface area contributed by atoms with Crippen LogP contribution in [0.1, 0.15) is 19.4 Å². The van der Waals surface area contributed by atoms with Crippen molar-refractivity contribution in [3.8, 4) is 0 Å². The number of carbonyl (C=O) groups excluding carboxylic acids is 1. The zero-order valence-electron chi connectivity index (χ0n) is 20.0. The minimum atomic E-state index is -3.71. The Morgan fingerprint density at radius 2 is 1.67 bits per heavy atom. The van der Waals surface area contributed by atoms with Crippen LogP contribution in [-0.2, 0) is 16.6 Å². The van der Waals surface area contributed by atoms with E-state index in [0.29, 0.717) is 33.7 Å². The van der Waals surface area contributed by atoms with Crippen LogP contribution in [0.4, 0.5) is 10.5 Å². The van der Waals surface area contributed by atoms with Crippen LogP contribution in [-0.4, -0.2) is 43.8 Å². The van der Waals surface area contributed by atoms with Crippen LogP contribution in [0.5, 0.6) is 0 Å². The summed E-state index contributed by atoms with van der Waals surface area (Å²) in [5.74, 6) is 0. The highest BCUT2D eigenvalue weighted by Crippen LogP contribution is 2.36. The molecule has 11 heteroatoms. The SMILES string of the molecule is CCN(CC)S(=O)(=O)c1ccc(Sc2ccc(Cl)cc2)c(NC(=O)N(C)Cc2ccc(Br)cc2Cl)c1. The number of nitrogens with one attached hydrogen (secondary N) is 1. The number of hydrogen-bond acceptors (Lipinski definition) is 4. The average Bonchev–Trinajstić information content (AvgIpc) is 2.83. The second kappa shape index (κ2) is 12.7. The Morgan fingerprint density at radius 1 is 1.00 bits per heavy atom. The molecule has 3 rings (SSSR count). The van der Waals surface area contributed by atoms with Crippen LogP contribution in [0, 0.1) is 0 Å². The molecule has 6 nitrogen and oxygen atoms in total. The molecule has 0 aliphatic carbocycles. The Morgan fingerprint density at radius 3 is 2.28 bits per heavy atom. The maximum atomic E-state index is 13.1. The summed E-state index contributed by atoms with van der Waals surface area (Å²) in [5, 5.41) is 4.04. The van der Waals surface area contributed by atoms with E-state index < -0.39 is 16.1 Å². The fraction of sp³-hybridized carbons (Fsp3) is 0.240. The van der Waals surface area contributed by atoms with Gasteiger partial charge in [-0.25, -0.2) is 13.2 Å². The summed E-state index contributed by atoms with van der Waals surface area (Å²) in [6, 6.07) is 17.1. The topological polar surface area (TPSA) is 69.7 Å². The van der Waals surface area contributed by atoms with E-state index in [1.54, 1.807) is 51.2 Å². The number of sulfonamides is 1. The number of urea groups is 1. The Kier molecular flexibility index (Phi) is 10.1. The van der Waals surface area contributed by atoms with Gasteiger partial charge in [-0.15, -0.1) is 0 Å². The first kappa shape index (κ1) is 28.8. The Bertz CT molecular complexity index is 1330. The predicted octanol–water partition coefficient (Wildman–Crippen LogP) is 7.60. The summed E-state index contributed by atoms with van der Waals surface area (Å²) in [6.07, 6.45) is 0. The minimum absolute atomic E-state index is 0.112. The highest BCUT2D eigenvalue weighted by molar-refractivity contribution is 9.10. The summed E-state index contributed by atoms with van der Waals surface area (Å²) in [6.45, 7) is 4.54. The van der Waals surface area contributed by atoms with Crippen molar-refractivity contribution in [1.82, 2.24) is 9.21 Å². The highest BCUT2D eigenvalue weighted by atomic mass is 79.9. The fourth-order valence-electron chi connectivity index (χ4n) is 3.39. The molecular formula is C25H26BrCl2N3O3S2. The lowest BCUT2D eigenvalue weighted by Gasteiger charge is -2.22. The number of nitrogens with zero attached hydrogens (tertiary/aromatic N) is 2. The molecule has 0 aliphatic rings. The standard InChI is InChI=1S/C25H26BrCl2N3O3S2/c1-4-31(5-2)36(33,34)21-12-13-24(35-20-10-8-19(27)9-11-20)23(15-21)29-25(32)30(3)16-17-6-7-18(26)14-22(17)28/h6-15H,4-5,16H2,1-3H3,(H,29,32). The first-order valence-electron chi connectivity index (χ1n) is 11.1. The molecule has 0 heterocycles. The van der Waals surface area contributed by atoms with Crippen molar-refractivity contribution in [3.63, 3.8) is 0 Å². The van der Waals surface area contributed by atoms with Crippen molar-refractivity contribution in [1.29, 1.82) is 0 Å². The van der Waals surface area contributed by atoms with E-state index in [9.17, 15) is 13.2 Å². The van der Waals surface area contributed by atoms with Crippen LogP contribution < -0.4 is 5.32 Å². The van der Waals surface area contributed by atoms with Gasteiger partial charge in [0, 0.05) is 51.0 Å². The fourth-order valence-corrected chi connectivity index (χ4v) is 6.61. The molecular weight excluding hydrogens is 605 g/mol. The smallest absolute Gasteiger partial charge is 0.321 e. The van der Waals surface area contributed by atoms with Crippen molar-refractivity contribution >= 4 is 72.6 Å². The lowest BCUT2D eigenvalue weighted by Crippen LogP contribution is -2.32. The van der Waals surface area contributed by atoms with Gasteiger partial charge in [-0.3, -0.25) is 0 Å². The van der Waals surface area contributed by atoms with E-state index in [2.05, 4.69) is 21.2 Å². The molecule has 0 spiro atoms. The molecule has 0 unspecified atom stereocenters. The minimum Gasteiger partial charge on any atom is -0.323 e. The molecule has 0 saturated carbocycles. The maximum absolute atomic E-state index is 13.1. The van der Waals surface area contributed by atoms with E-state index in [4.69, 9.17) is 23.2 Å². The largest absolute Gasteiger partial charge is 0.323 e. The van der Waals surface area contributed by atoms with Crippen molar-refractivity contribution < 1.29 is 13.2 Å². The summed E-state index contributed by atoms with van der Waals surface area (Å²) in [5.41, 5.74) is 1.17. The summed E-state index contributed by atoms with van der Waals surface area (Å²) >= 11 is 17.1. The maximum Gasteiger partial charge on any atom is 0.321 e. The third kappa shape index (κ3) is 7.18. The van der Waals surface area contributed by atoms with Gasteiger partial charge in [-0.2, -0.15) is 4.31 Å². The van der Waals surface area contributed by atoms with Crippen molar-refractivity contribution in [2.24, 2.45) is 0 Å². The quantitative estimate of drug-likeness (QED) is 0.264. The first-order valence-corrected chi connectivity index (χ1v) is 14.9. The molecule has 3 aromatic carbocycles. The molecule has 0 radical (unpaired) electrons. The molecule has 0 saturated heterocycles. The monoisotopic (exact) mass is 629 g/mol. The zero-order valence-corrected chi connectivity index (χ0v) is 24.7.